The van der Waals surface area contributed by atoms with Crippen molar-refractivity contribution >= 4 is 45.8 Å². The number of amides is 1. The molecular weight excluding hydrogens is 424 g/mol. The molecule has 0 atom stereocenters. The van der Waals surface area contributed by atoms with Gasteiger partial charge >= 0.3 is 0 Å². The number of aromatic nitrogens is 3. The molecule has 0 aliphatic heterocycles. The molecular formula is C27H24N6O. The van der Waals surface area contributed by atoms with Gasteiger partial charge < -0.3 is 11.1 Å². The van der Waals surface area contributed by atoms with E-state index in [1.165, 1.54) is 4.68 Å². The van der Waals surface area contributed by atoms with E-state index in [9.17, 15) is 4.79 Å². The Morgan fingerprint density at radius 1 is 0.912 bits per heavy atom. The van der Waals surface area contributed by atoms with Crippen LogP contribution < -0.4 is 11.1 Å². The van der Waals surface area contributed by atoms with Crippen molar-refractivity contribution in [2.45, 2.75) is 20.8 Å². The molecule has 0 radical (unpaired) electrons. The lowest BCUT2D eigenvalue weighted by atomic mass is 10.1. The molecule has 0 spiro atoms. The minimum Gasteiger partial charge on any atom is -0.383 e. The molecule has 0 aliphatic rings. The van der Waals surface area contributed by atoms with E-state index in [1.54, 1.807) is 6.21 Å². The average molecular weight is 449 g/mol. The fraction of sp³-hybridized carbons (Fsp3) is 0.111. The minimum atomic E-state index is -0.360. The highest BCUT2D eigenvalue weighted by molar-refractivity contribution is 6.16. The molecule has 5 aromatic rings. The lowest BCUT2D eigenvalue weighted by molar-refractivity contribution is 0.102. The molecule has 0 unspecified atom stereocenters. The molecule has 1 amide bonds. The molecule has 34 heavy (non-hydrogen) atoms. The molecule has 5 rings (SSSR count). The lowest BCUT2D eigenvalue weighted by Crippen LogP contribution is -2.14. The van der Waals surface area contributed by atoms with Gasteiger partial charge in [0.2, 0.25) is 0 Å². The zero-order chi connectivity index (χ0) is 23.8. The van der Waals surface area contributed by atoms with E-state index in [0.717, 1.165) is 22.3 Å². The van der Waals surface area contributed by atoms with E-state index >= 15 is 0 Å². The SMILES string of the molecule is Cc1cccc(/C=N/n2c(N)c(C(=O)Nc3cc(C)cc(C)c3)c3nc4ccccc4nc32)c1. The monoisotopic (exact) mass is 448 g/mol. The molecule has 0 bridgehead atoms. The predicted molar refractivity (Wildman–Crippen MR) is 137 cm³/mol. The van der Waals surface area contributed by atoms with Crippen molar-refractivity contribution < 1.29 is 4.79 Å². The van der Waals surface area contributed by atoms with Gasteiger partial charge in [-0.3, -0.25) is 4.79 Å². The number of carbonyl (C=O) groups is 1. The minimum absolute atomic E-state index is 0.177. The van der Waals surface area contributed by atoms with E-state index < -0.39 is 0 Å². The number of aryl methyl sites for hydroxylation is 3. The number of carbonyl (C=O) groups excluding carboxylic acids is 1. The number of rotatable bonds is 4. The summed E-state index contributed by atoms with van der Waals surface area (Å²) >= 11 is 0. The van der Waals surface area contributed by atoms with E-state index in [1.807, 2.05) is 87.5 Å². The van der Waals surface area contributed by atoms with Gasteiger partial charge in [-0.15, -0.1) is 0 Å². The summed E-state index contributed by atoms with van der Waals surface area (Å²) in [6, 6.07) is 21.3. The van der Waals surface area contributed by atoms with Crippen LogP contribution in [0.1, 0.15) is 32.6 Å². The van der Waals surface area contributed by atoms with Crippen LogP contribution in [0.5, 0.6) is 0 Å². The third-order valence-electron chi connectivity index (χ3n) is 5.54. The molecule has 168 valence electrons. The second-order valence-electron chi connectivity index (χ2n) is 8.45. The second kappa shape index (κ2) is 8.44. The van der Waals surface area contributed by atoms with E-state index in [-0.39, 0.29) is 17.3 Å². The second-order valence-corrected chi connectivity index (χ2v) is 8.45. The van der Waals surface area contributed by atoms with Crippen molar-refractivity contribution in [3.05, 3.63) is 94.5 Å². The molecule has 3 aromatic carbocycles. The highest BCUT2D eigenvalue weighted by Crippen LogP contribution is 2.29. The van der Waals surface area contributed by atoms with Crippen LogP contribution >= 0.6 is 0 Å². The first-order valence-corrected chi connectivity index (χ1v) is 11.0. The summed E-state index contributed by atoms with van der Waals surface area (Å²) < 4.78 is 1.48. The van der Waals surface area contributed by atoms with Crippen LogP contribution in [0.25, 0.3) is 22.2 Å². The molecule has 3 N–H and O–H groups in total. The Morgan fingerprint density at radius 2 is 1.62 bits per heavy atom. The number of nitrogens with two attached hydrogens (primary N) is 1. The summed E-state index contributed by atoms with van der Waals surface area (Å²) in [5.74, 6) is -0.183. The Kier molecular flexibility index (Phi) is 5.30. The van der Waals surface area contributed by atoms with Crippen LogP contribution in [0.4, 0.5) is 11.5 Å². The van der Waals surface area contributed by atoms with Gasteiger partial charge in [-0.25, -0.2) is 9.97 Å². The first-order valence-electron chi connectivity index (χ1n) is 11.0. The van der Waals surface area contributed by atoms with Crippen molar-refractivity contribution in [2.24, 2.45) is 5.10 Å². The van der Waals surface area contributed by atoms with Gasteiger partial charge in [-0.2, -0.15) is 9.78 Å². The van der Waals surface area contributed by atoms with Gasteiger partial charge in [0, 0.05) is 5.69 Å². The quantitative estimate of drug-likeness (QED) is 0.368. The van der Waals surface area contributed by atoms with Crippen molar-refractivity contribution in [2.75, 3.05) is 11.1 Å². The third kappa shape index (κ3) is 3.99. The van der Waals surface area contributed by atoms with Gasteiger partial charge in [-0.1, -0.05) is 48.0 Å². The summed E-state index contributed by atoms with van der Waals surface area (Å²) in [5, 5.41) is 7.54. The maximum atomic E-state index is 13.4. The number of anilines is 2. The molecule has 0 fully saturated rings. The van der Waals surface area contributed by atoms with Crippen molar-refractivity contribution in [3.63, 3.8) is 0 Å². The van der Waals surface area contributed by atoms with Crippen LogP contribution in [0, 0.1) is 20.8 Å². The van der Waals surface area contributed by atoms with Crippen LogP contribution in [0.2, 0.25) is 0 Å². The number of nitrogens with one attached hydrogen (secondary N) is 1. The summed E-state index contributed by atoms with van der Waals surface area (Å²) in [7, 11) is 0. The highest BCUT2D eigenvalue weighted by Gasteiger charge is 2.24. The number of fused-ring (bicyclic) bond motifs is 2. The largest absolute Gasteiger partial charge is 0.383 e. The summed E-state index contributed by atoms with van der Waals surface area (Å²) in [6.45, 7) is 5.99. The van der Waals surface area contributed by atoms with E-state index in [4.69, 9.17) is 15.7 Å². The maximum absolute atomic E-state index is 13.4. The fourth-order valence-electron chi connectivity index (χ4n) is 4.10. The van der Waals surface area contributed by atoms with Crippen molar-refractivity contribution in [3.8, 4) is 0 Å². The predicted octanol–water partition coefficient (Wildman–Crippen LogP) is 5.23. The standard InChI is InChI=1S/C27H24N6O/c1-16-7-6-8-19(12-16)15-29-33-25(28)23(27(34)30-20-13-17(2)11-18(3)14-20)24-26(33)32-22-10-5-4-9-21(22)31-24/h4-15H,28H2,1-3H3,(H,30,34)/b29-15+. The lowest BCUT2D eigenvalue weighted by Gasteiger charge is -2.08. The van der Waals surface area contributed by atoms with Crippen LogP contribution in [-0.2, 0) is 0 Å². The number of benzene rings is 3. The molecule has 2 heterocycles. The normalized spacial score (nSPS) is 11.5. The zero-order valence-corrected chi connectivity index (χ0v) is 19.2. The molecule has 0 saturated heterocycles. The number of nitrogen functional groups attached to an aromatic ring is 1. The average Bonchev–Trinajstić information content (AvgIpc) is 3.05. The fourth-order valence-corrected chi connectivity index (χ4v) is 4.10. The van der Waals surface area contributed by atoms with Gasteiger partial charge in [0.05, 0.1) is 17.2 Å². The zero-order valence-electron chi connectivity index (χ0n) is 19.2. The van der Waals surface area contributed by atoms with E-state index in [2.05, 4.69) is 10.4 Å². The van der Waals surface area contributed by atoms with Gasteiger partial charge in [0.1, 0.15) is 16.9 Å². The van der Waals surface area contributed by atoms with Crippen molar-refractivity contribution in [1.29, 1.82) is 0 Å². The molecule has 0 saturated carbocycles. The number of para-hydroxylation sites is 2. The Morgan fingerprint density at radius 3 is 2.32 bits per heavy atom. The summed E-state index contributed by atoms with van der Waals surface area (Å²) in [5.41, 5.74) is 13.8. The first kappa shape index (κ1) is 21.3. The van der Waals surface area contributed by atoms with Gasteiger partial charge in [0.25, 0.3) is 5.91 Å². The van der Waals surface area contributed by atoms with Gasteiger partial charge in [0.15, 0.2) is 5.65 Å². The van der Waals surface area contributed by atoms with Crippen molar-refractivity contribution in [1.82, 2.24) is 14.6 Å². The maximum Gasteiger partial charge on any atom is 0.261 e. The molecule has 0 aliphatic carbocycles. The smallest absolute Gasteiger partial charge is 0.261 e. The van der Waals surface area contributed by atoms with Gasteiger partial charge in [-0.05, 0) is 61.7 Å². The Bertz CT molecular complexity index is 1580. The number of hydrogen-bond acceptors (Lipinski definition) is 5. The third-order valence-corrected chi connectivity index (χ3v) is 5.54. The summed E-state index contributed by atoms with van der Waals surface area (Å²) in [6.07, 6.45) is 1.70. The number of nitrogens with zero attached hydrogens (tertiary/aromatic N) is 4. The van der Waals surface area contributed by atoms with Crippen LogP contribution in [-0.4, -0.2) is 26.8 Å². The topological polar surface area (TPSA) is 98.2 Å². The first-order chi connectivity index (χ1) is 16.4. The van der Waals surface area contributed by atoms with Crippen LogP contribution in [0.3, 0.4) is 0 Å². The Hall–Kier alpha value is -4.52. The van der Waals surface area contributed by atoms with E-state index in [0.29, 0.717) is 27.9 Å². The Balaban J connectivity index is 1.66. The highest BCUT2D eigenvalue weighted by atomic mass is 16.1. The van der Waals surface area contributed by atoms with Crippen LogP contribution in [0.15, 0.2) is 71.8 Å². The Labute approximate surface area is 197 Å². The molecule has 2 aromatic heterocycles. The molecule has 7 nitrogen and oxygen atoms in total. The molecule has 7 heteroatoms. The summed E-state index contributed by atoms with van der Waals surface area (Å²) in [4.78, 5) is 22.9. The number of hydrogen-bond donors (Lipinski definition) is 2.